The van der Waals surface area contributed by atoms with Crippen LogP contribution in [-0.2, 0) is 6.18 Å². The molecule has 0 radical (unpaired) electrons. The van der Waals surface area contributed by atoms with Crippen molar-refractivity contribution >= 4 is 16.9 Å². The number of hydrogen-bond acceptors (Lipinski definition) is 3. The van der Waals surface area contributed by atoms with E-state index in [4.69, 9.17) is 0 Å². The lowest BCUT2D eigenvalue weighted by Crippen LogP contribution is -2.38. The molecule has 1 N–H and O–H groups in total. The molecule has 2 aromatic rings. The largest absolute Gasteiger partial charge is 0.449 e. The normalized spacial score (nSPS) is 18.3. The maximum Gasteiger partial charge on any atom is 0.449 e. The van der Waals surface area contributed by atoms with Gasteiger partial charge in [-0.3, -0.25) is 4.79 Å². The number of benzene rings is 1. The minimum absolute atomic E-state index is 0.0992. The van der Waals surface area contributed by atoms with Crippen LogP contribution in [0.4, 0.5) is 13.2 Å². The van der Waals surface area contributed by atoms with Gasteiger partial charge in [-0.25, -0.2) is 4.98 Å². The smallest absolute Gasteiger partial charge is 0.337 e. The van der Waals surface area contributed by atoms with Crippen molar-refractivity contribution in [3.8, 4) is 0 Å². The molecule has 3 rings (SSSR count). The zero-order valence-electron chi connectivity index (χ0n) is 14.4. The molecular weight excluding hydrogens is 333 g/mol. The number of nitrogens with zero attached hydrogens (tertiary/aromatic N) is 3. The molecule has 1 fully saturated rings. The third-order valence-corrected chi connectivity index (χ3v) is 4.61. The molecule has 1 saturated heterocycles. The topological polar surface area (TPSA) is 50.2 Å². The Hall–Kier alpha value is -2.09. The molecule has 1 aliphatic rings. The summed E-state index contributed by atoms with van der Waals surface area (Å²) in [5.74, 6) is -1.14. The molecule has 25 heavy (non-hydrogen) atoms. The highest BCUT2D eigenvalue weighted by Gasteiger charge is 2.38. The van der Waals surface area contributed by atoms with Gasteiger partial charge in [-0.15, -0.1) is 0 Å². The Morgan fingerprint density at radius 2 is 2.12 bits per heavy atom. The number of aromatic nitrogens is 2. The van der Waals surface area contributed by atoms with Gasteiger partial charge < -0.3 is 14.8 Å². The molecule has 0 spiro atoms. The van der Waals surface area contributed by atoms with Crippen LogP contribution < -0.4 is 5.32 Å². The molecule has 8 heteroatoms. The van der Waals surface area contributed by atoms with Crippen LogP contribution in [0.3, 0.4) is 0 Å². The van der Waals surface area contributed by atoms with E-state index in [0.29, 0.717) is 11.1 Å². The van der Waals surface area contributed by atoms with Crippen molar-refractivity contribution in [3.63, 3.8) is 0 Å². The highest BCUT2D eigenvalue weighted by molar-refractivity contribution is 5.97. The average molecular weight is 354 g/mol. The summed E-state index contributed by atoms with van der Waals surface area (Å²) in [6.07, 6.45) is -3.68. The Balaban J connectivity index is 2.01. The number of hydrogen-bond donors (Lipinski definition) is 1. The number of carbonyl (C=O) groups is 1. The van der Waals surface area contributed by atoms with Crippen molar-refractivity contribution in [1.29, 1.82) is 0 Å². The molecule has 136 valence electrons. The Morgan fingerprint density at radius 1 is 1.40 bits per heavy atom. The van der Waals surface area contributed by atoms with E-state index < -0.39 is 18.0 Å². The van der Waals surface area contributed by atoms with Gasteiger partial charge in [-0.05, 0) is 45.0 Å². The van der Waals surface area contributed by atoms with E-state index in [1.165, 1.54) is 6.07 Å². The number of amides is 1. The molecule has 1 unspecified atom stereocenters. The van der Waals surface area contributed by atoms with Crippen molar-refractivity contribution in [1.82, 2.24) is 19.8 Å². The van der Waals surface area contributed by atoms with E-state index in [2.05, 4.69) is 10.3 Å². The van der Waals surface area contributed by atoms with E-state index in [1.54, 1.807) is 37.9 Å². The van der Waals surface area contributed by atoms with Crippen LogP contribution in [0.2, 0.25) is 0 Å². The zero-order chi connectivity index (χ0) is 18.4. The lowest BCUT2D eigenvalue weighted by atomic mass is 10.1. The van der Waals surface area contributed by atoms with E-state index in [9.17, 15) is 18.0 Å². The lowest BCUT2D eigenvalue weighted by Gasteiger charge is -2.23. The van der Waals surface area contributed by atoms with Crippen molar-refractivity contribution < 1.29 is 18.0 Å². The van der Waals surface area contributed by atoms with Gasteiger partial charge in [0.25, 0.3) is 5.91 Å². The van der Waals surface area contributed by atoms with E-state index >= 15 is 0 Å². The molecular formula is C17H21F3N4O. The lowest BCUT2D eigenvalue weighted by molar-refractivity contribution is -0.147. The van der Waals surface area contributed by atoms with Crippen LogP contribution >= 0.6 is 0 Å². The summed E-state index contributed by atoms with van der Waals surface area (Å²) in [6, 6.07) is 4.28. The van der Waals surface area contributed by atoms with Crippen LogP contribution in [0.5, 0.6) is 0 Å². The zero-order valence-corrected chi connectivity index (χ0v) is 14.4. The number of rotatable bonds is 3. The summed E-state index contributed by atoms with van der Waals surface area (Å²) >= 11 is 0. The quantitative estimate of drug-likeness (QED) is 0.922. The number of nitrogens with one attached hydrogen (secondary N) is 1. The first-order valence-corrected chi connectivity index (χ1v) is 8.27. The van der Waals surface area contributed by atoms with Gasteiger partial charge in [0.2, 0.25) is 5.82 Å². The fourth-order valence-corrected chi connectivity index (χ4v) is 3.29. The highest BCUT2D eigenvalue weighted by Crippen LogP contribution is 2.34. The number of imidazole rings is 1. The standard InChI is InChI=1S/C17H21F3N4O/c1-10(2)24-14-5-4-11(8-13(14)22-16(24)17(18,19)20)15(25)23(3)12-6-7-21-9-12/h4-5,8,10,12,21H,6-7,9H2,1-3H3. The molecule has 5 nitrogen and oxygen atoms in total. The minimum atomic E-state index is -4.54. The Morgan fingerprint density at radius 3 is 2.68 bits per heavy atom. The SMILES string of the molecule is CC(C)n1c(C(F)(F)F)nc2cc(C(=O)N(C)C3CCNC3)ccc21. The summed E-state index contributed by atoms with van der Waals surface area (Å²) in [5.41, 5.74) is 0.915. The predicted octanol–water partition coefficient (Wildman–Crippen LogP) is 3.07. The van der Waals surface area contributed by atoms with Crippen molar-refractivity contribution in [3.05, 3.63) is 29.6 Å². The number of alkyl halides is 3. The second-order valence-electron chi connectivity index (χ2n) is 6.66. The van der Waals surface area contributed by atoms with Crippen LogP contribution in [0.25, 0.3) is 11.0 Å². The predicted molar refractivity (Wildman–Crippen MR) is 88.5 cm³/mol. The second-order valence-corrected chi connectivity index (χ2v) is 6.66. The van der Waals surface area contributed by atoms with Crippen LogP contribution in [0.1, 0.15) is 42.5 Å². The first-order chi connectivity index (χ1) is 11.7. The second kappa shape index (κ2) is 6.33. The van der Waals surface area contributed by atoms with Gasteiger partial charge in [0.05, 0.1) is 11.0 Å². The van der Waals surface area contributed by atoms with Gasteiger partial charge >= 0.3 is 6.18 Å². The van der Waals surface area contributed by atoms with E-state index in [1.807, 2.05) is 0 Å². The molecule has 0 saturated carbocycles. The maximum atomic E-state index is 13.3. The number of halogens is 3. The van der Waals surface area contributed by atoms with Gasteiger partial charge in [0, 0.05) is 31.2 Å². The monoisotopic (exact) mass is 354 g/mol. The number of likely N-dealkylation sites (N-methyl/N-ethyl adjacent to an activating group) is 1. The summed E-state index contributed by atoms with van der Waals surface area (Å²) < 4.78 is 41.0. The first-order valence-electron chi connectivity index (χ1n) is 8.27. The minimum Gasteiger partial charge on any atom is -0.337 e. The maximum absolute atomic E-state index is 13.3. The summed E-state index contributed by atoms with van der Waals surface area (Å²) in [6.45, 7) is 4.94. The molecule has 0 bridgehead atoms. The summed E-state index contributed by atoms with van der Waals surface area (Å²) in [7, 11) is 1.72. The third kappa shape index (κ3) is 3.22. The fraction of sp³-hybridized carbons (Fsp3) is 0.529. The number of fused-ring (bicyclic) bond motifs is 1. The van der Waals surface area contributed by atoms with Crippen molar-refractivity contribution in [2.45, 2.75) is 38.5 Å². The van der Waals surface area contributed by atoms with Gasteiger partial charge in [-0.1, -0.05) is 0 Å². The summed E-state index contributed by atoms with van der Waals surface area (Å²) in [5, 5.41) is 3.19. The van der Waals surface area contributed by atoms with Crippen LogP contribution in [0.15, 0.2) is 18.2 Å². The molecule has 1 aromatic carbocycles. The van der Waals surface area contributed by atoms with Gasteiger partial charge in [0.1, 0.15) is 0 Å². The molecule has 1 amide bonds. The fourth-order valence-electron chi connectivity index (χ4n) is 3.29. The molecule has 0 aliphatic carbocycles. The molecule has 1 aromatic heterocycles. The highest BCUT2D eigenvalue weighted by atomic mass is 19.4. The van der Waals surface area contributed by atoms with Crippen LogP contribution in [-0.4, -0.2) is 46.5 Å². The first kappa shape index (κ1) is 17.7. The van der Waals surface area contributed by atoms with Gasteiger partial charge in [-0.2, -0.15) is 13.2 Å². The van der Waals surface area contributed by atoms with Crippen molar-refractivity contribution in [2.75, 3.05) is 20.1 Å². The van der Waals surface area contributed by atoms with Gasteiger partial charge in [0.15, 0.2) is 0 Å². The average Bonchev–Trinajstić information content (AvgIpc) is 3.19. The Labute approximate surface area is 143 Å². The number of carbonyl (C=O) groups excluding carboxylic acids is 1. The summed E-state index contributed by atoms with van der Waals surface area (Å²) in [4.78, 5) is 18.0. The van der Waals surface area contributed by atoms with Crippen LogP contribution in [0, 0.1) is 0 Å². The molecule has 1 aliphatic heterocycles. The van der Waals surface area contributed by atoms with E-state index in [-0.39, 0.29) is 17.5 Å². The van der Waals surface area contributed by atoms with E-state index in [0.717, 1.165) is 24.1 Å². The molecule has 1 atom stereocenters. The Kier molecular flexibility index (Phi) is 4.49. The molecule has 2 heterocycles. The Bertz CT molecular complexity index is 791. The third-order valence-electron chi connectivity index (χ3n) is 4.61. The van der Waals surface area contributed by atoms with Crippen molar-refractivity contribution in [2.24, 2.45) is 0 Å².